The fourth-order valence-electron chi connectivity index (χ4n) is 6.84. The Labute approximate surface area is 267 Å². The van der Waals surface area contributed by atoms with E-state index in [4.69, 9.17) is 9.97 Å². The molecular formula is C44H28N2. The number of pyridine rings is 2. The Hall–Kier alpha value is -6.12. The molecule has 0 N–H and O–H groups in total. The van der Waals surface area contributed by atoms with Gasteiger partial charge in [-0.15, -0.1) is 0 Å². The van der Waals surface area contributed by atoms with Gasteiger partial charge in [0.1, 0.15) is 0 Å². The second-order valence-electron chi connectivity index (χ2n) is 11.8. The predicted octanol–water partition coefficient (Wildman–Crippen LogP) is 11.8. The zero-order valence-electron chi connectivity index (χ0n) is 25.1. The van der Waals surface area contributed by atoms with Crippen LogP contribution in [0.25, 0.3) is 88.0 Å². The average molecular weight is 585 g/mol. The zero-order valence-corrected chi connectivity index (χ0v) is 25.1. The van der Waals surface area contributed by atoms with Crippen molar-refractivity contribution in [1.82, 2.24) is 9.97 Å². The van der Waals surface area contributed by atoms with E-state index in [1.165, 1.54) is 54.7 Å². The molecule has 0 fully saturated rings. The predicted molar refractivity (Wildman–Crippen MR) is 194 cm³/mol. The number of hydrogen-bond acceptors (Lipinski definition) is 2. The lowest BCUT2D eigenvalue weighted by molar-refractivity contribution is 1.40. The van der Waals surface area contributed by atoms with Crippen LogP contribution in [0.3, 0.4) is 0 Å². The van der Waals surface area contributed by atoms with E-state index in [9.17, 15) is 0 Å². The Morgan fingerprint density at radius 2 is 0.957 bits per heavy atom. The minimum atomic E-state index is 0.970. The zero-order chi connectivity index (χ0) is 30.5. The second-order valence-corrected chi connectivity index (χ2v) is 11.8. The summed E-state index contributed by atoms with van der Waals surface area (Å²) in [5, 5.41) is 7.23. The number of fused-ring (bicyclic) bond motifs is 5. The molecule has 7 aromatic carbocycles. The minimum absolute atomic E-state index is 0.970. The summed E-state index contributed by atoms with van der Waals surface area (Å²) in [6, 6.07) is 58.3. The van der Waals surface area contributed by atoms with Crippen molar-refractivity contribution in [1.29, 1.82) is 0 Å². The molecule has 0 bridgehead atoms. The summed E-state index contributed by atoms with van der Waals surface area (Å²) < 4.78 is 0. The highest BCUT2D eigenvalue weighted by molar-refractivity contribution is 6.14. The number of para-hydroxylation sites is 1. The topological polar surface area (TPSA) is 25.8 Å². The molecule has 0 aliphatic rings. The molecule has 0 spiro atoms. The van der Waals surface area contributed by atoms with Gasteiger partial charge in [0, 0.05) is 28.1 Å². The van der Waals surface area contributed by atoms with E-state index < -0.39 is 0 Å². The average Bonchev–Trinajstić information content (AvgIpc) is 3.14. The van der Waals surface area contributed by atoms with Gasteiger partial charge in [0.05, 0.1) is 16.7 Å². The van der Waals surface area contributed by atoms with Crippen LogP contribution in [0.5, 0.6) is 0 Å². The Balaban J connectivity index is 1.15. The molecule has 2 heteroatoms. The number of nitrogens with zero attached hydrogens (tertiary/aromatic N) is 2. The first-order chi connectivity index (χ1) is 22.8. The van der Waals surface area contributed by atoms with Crippen LogP contribution >= 0.6 is 0 Å². The van der Waals surface area contributed by atoms with Gasteiger partial charge in [-0.1, -0.05) is 140 Å². The standard InChI is InChI=1S/C44H28N2/c1-2-10-29(11-3-1)40-27-43(46-42-25-22-30-12-4-6-14-37(30)44(40)42)32-20-18-31(19-21-32)35-23-24-36(39-16-8-7-15-38(35)39)34-26-33-13-5-9-17-41(33)45-28-34/h1-28H. The Morgan fingerprint density at radius 3 is 1.74 bits per heavy atom. The number of rotatable bonds is 4. The maximum atomic E-state index is 5.19. The first-order valence-electron chi connectivity index (χ1n) is 15.7. The molecule has 0 radical (unpaired) electrons. The summed E-state index contributed by atoms with van der Waals surface area (Å²) in [6.07, 6.45) is 1.99. The minimum Gasteiger partial charge on any atom is -0.256 e. The monoisotopic (exact) mass is 584 g/mol. The third-order valence-corrected chi connectivity index (χ3v) is 9.10. The van der Waals surface area contributed by atoms with Crippen molar-refractivity contribution in [2.45, 2.75) is 0 Å². The molecule has 2 heterocycles. The maximum Gasteiger partial charge on any atom is 0.0722 e. The van der Waals surface area contributed by atoms with Crippen LogP contribution in [-0.4, -0.2) is 9.97 Å². The molecule has 9 rings (SSSR count). The van der Waals surface area contributed by atoms with E-state index in [-0.39, 0.29) is 0 Å². The molecular weight excluding hydrogens is 556 g/mol. The molecule has 0 atom stereocenters. The second kappa shape index (κ2) is 10.8. The SMILES string of the molecule is c1ccc(-c2cc(-c3ccc(-c4ccc(-c5cnc6ccccc6c5)c5ccccc45)cc3)nc3ccc4ccccc4c23)cc1. The molecule has 2 nitrogen and oxygen atoms in total. The van der Waals surface area contributed by atoms with Gasteiger partial charge in [-0.05, 0) is 73.6 Å². The van der Waals surface area contributed by atoms with Crippen LogP contribution in [-0.2, 0) is 0 Å². The molecule has 214 valence electrons. The first-order valence-corrected chi connectivity index (χ1v) is 15.7. The van der Waals surface area contributed by atoms with Gasteiger partial charge in [0.2, 0.25) is 0 Å². The van der Waals surface area contributed by atoms with Crippen molar-refractivity contribution in [3.63, 3.8) is 0 Å². The Kier molecular flexibility index (Phi) is 6.17. The summed E-state index contributed by atoms with van der Waals surface area (Å²) in [6.45, 7) is 0. The maximum absolute atomic E-state index is 5.19. The molecule has 0 aliphatic heterocycles. The summed E-state index contributed by atoms with van der Waals surface area (Å²) in [4.78, 5) is 9.93. The molecule has 0 unspecified atom stereocenters. The van der Waals surface area contributed by atoms with Crippen LogP contribution in [0.4, 0.5) is 0 Å². The fourth-order valence-corrected chi connectivity index (χ4v) is 6.84. The number of hydrogen-bond donors (Lipinski definition) is 0. The summed E-state index contributed by atoms with van der Waals surface area (Å²) >= 11 is 0. The highest BCUT2D eigenvalue weighted by Crippen LogP contribution is 2.39. The molecule has 2 aromatic heterocycles. The molecule has 46 heavy (non-hydrogen) atoms. The highest BCUT2D eigenvalue weighted by atomic mass is 14.7. The van der Waals surface area contributed by atoms with Crippen LogP contribution in [0.2, 0.25) is 0 Å². The van der Waals surface area contributed by atoms with Crippen molar-refractivity contribution in [2.75, 3.05) is 0 Å². The van der Waals surface area contributed by atoms with Gasteiger partial charge in [-0.3, -0.25) is 4.98 Å². The largest absolute Gasteiger partial charge is 0.256 e. The summed E-state index contributed by atoms with van der Waals surface area (Å²) in [7, 11) is 0. The van der Waals surface area contributed by atoms with Gasteiger partial charge in [0.15, 0.2) is 0 Å². The Bertz CT molecular complexity index is 2570. The molecule has 0 saturated carbocycles. The van der Waals surface area contributed by atoms with Gasteiger partial charge in [0.25, 0.3) is 0 Å². The summed E-state index contributed by atoms with van der Waals surface area (Å²) in [5.74, 6) is 0. The molecule has 0 saturated heterocycles. The number of benzene rings is 7. The van der Waals surface area contributed by atoms with Crippen LogP contribution in [0.1, 0.15) is 0 Å². The molecule has 0 amide bonds. The number of aromatic nitrogens is 2. The van der Waals surface area contributed by atoms with Crippen LogP contribution in [0, 0.1) is 0 Å². The van der Waals surface area contributed by atoms with Crippen LogP contribution in [0.15, 0.2) is 170 Å². The lowest BCUT2D eigenvalue weighted by Crippen LogP contribution is -1.92. The van der Waals surface area contributed by atoms with E-state index in [1.807, 2.05) is 12.3 Å². The lowest BCUT2D eigenvalue weighted by atomic mass is 9.91. The quantitative estimate of drug-likeness (QED) is 0.192. The van der Waals surface area contributed by atoms with E-state index >= 15 is 0 Å². The van der Waals surface area contributed by atoms with Gasteiger partial charge in [-0.25, -0.2) is 4.98 Å². The smallest absolute Gasteiger partial charge is 0.0722 e. The van der Waals surface area contributed by atoms with Gasteiger partial charge < -0.3 is 0 Å². The van der Waals surface area contributed by atoms with Crippen molar-refractivity contribution in [3.05, 3.63) is 170 Å². The van der Waals surface area contributed by atoms with Crippen molar-refractivity contribution >= 4 is 43.4 Å². The third kappa shape index (κ3) is 4.43. The third-order valence-electron chi connectivity index (χ3n) is 9.10. The van der Waals surface area contributed by atoms with E-state index in [0.717, 1.165) is 33.2 Å². The van der Waals surface area contributed by atoms with Gasteiger partial charge >= 0.3 is 0 Å². The van der Waals surface area contributed by atoms with Gasteiger partial charge in [-0.2, -0.15) is 0 Å². The van der Waals surface area contributed by atoms with Crippen molar-refractivity contribution < 1.29 is 0 Å². The van der Waals surface area contributed by atoms with E-state index in [1.54, 1.807) is 0 Å². The fraction of sp³-hybridized carbons (Fsp3) is 0. The lowest BCUT2D eigenvalue weighted by Gasteiger charge is -2.14. The van der Waals surface area contributed by atoms with E-state index in [2.05, 4.69) is 158 Å². The molecule has 0 aliphatic carbocycles. The summed E-state index contributed by atoms with van der Waals surface area (Å²) in [5.41, 5.74) is 11.2. The first kappa shape index (κ1) is 26.3. The van der Waals surface area contributed by atoms with Crippen molar-refractivity contribution in [3.8, 4) is 44.6 Å². The Morgan fingerprint density at radius 1 is 0.348 bits per heavy atom. The van der Waals surface area contributed by atoms with Crippen LogP contribution < -0.4 is 0 Å². The normalized spacial score (nSPS) is 11.5. The van der Waals surface area contributed by atoms with Crippen molar-refractivity contribution in [2.24, 2.45) is 0 Å². The molecule has 9 aromatic rings. The highest BCUT2D eigenvalue weighted by Gasteiger charge is 2.14. The van der Waals surface area contributed by atoms with E-state index in [0.29, 0.717) is 0 Å².